The molecule has 5 nitrogen and oxygen atoms in total. The number of rotatable bonds is 3. The Kier molecular flexibility index (Phi) is 4.00. The SMILES string of the molecule is COc1ccc(NC(=O)c2cc(O)ccc2Cl)cc1N. The lowest BCUT2D eigenvalue weighted by Gasteiger charge is -2.10. The third-order valence-corrected chi connectivity index (χ3v) is 3.01. The highest BCUT2D eigenvalue weighted by atomic mass is 35.5. The lowest BCUT2D eigenvalue weighted by molar-refractivity contribution is 0.102. The van der Waals surface area contributed by atoms with Gasteiger partial charge >= 0.3 is 0 Å². The summed E-state index contributed by atoms with van der Waals surface area (Å²) >= 11 is 5.92. The van der Waals surface area contributed by atoms with Crippen LogP contribution in [-0.4, -0.2) is 18.1 Å². The predicted molar refractivity (Wildman–Crippen MR) is 78.5 cm³/mol. The second kappa shape index (κ2) is 5.71. The van der Waals surface area contributed by atoms with Crippen molar-refractivity contribution < 1.29 is 14.6 Å². The number of benzene rings is 2. The molecule has 4 N–H and O–H groups in total. The number of halogens is 1. The molecule has 20 heavy (non-hydrogen) atoms. The Morgan fingerprint density at radius 3 is 2.70 bits per heavy atom. The number of nitrogens with two attached hydrogens (primary N) is 1. The molecule has 2 aromatic rings. The normalized spacial score (nSPS) is 10.1. The summed E-state index contributed by atoms with van der Waals surface area (Å²) in [7, 11) is 1.51. The summed E-state index contributed by atoms with van der Waals surface area (Å²) in [5, 5.41) is 12.3. The lowest BCUT2D eigenvalue weighted by atomic mass is 10.2. The second-order valence-electron chi connectivity index (χ2n) is 4.08. The first kappa shape index (κ1) is 14.0. The van der Waals surface area contributed by atoms with Gasteiger partial charge in [0.15, 0.2) is 0 Å². The molecule has 2 aromatic carbocycles. The molecule has 0 saturated heterocycles. The number of nitrogen functional groups attached to an aromatic ring is 1. The Bertz CT molecular complexity index is 659. The van der Waals surface area contributed by atoms with Crippen LogP contribution in [0, 0.1) is 0 Å². The van der Waals surface area contributed by atoms with Gasteiger partial charge in [-0.2, -0.15) is 0 Å². The molecule has 0 atom stereocenters. The monoisotopic (exact) mass is 292 g/mol. The summed E-state index contributed by atoms with van der Waals surface area (Å²) in [4.78, 5) is 12.1. The molecule has 0 aliphatic rings. The minimum absolute atomic E-state index is 0.0335. The lowest BCUT2D eigenvalue weighted by Crippen LogP contribution is -2.12. The minimum atomic E-state index is -0.435. The van der Waals surface area contributed by atoms with Gasteiger partial charge in [0.25, 0.3) is 5.91 Å². The van der Waals surface area contributed by atoms with Crippen molar-refractivity contribution in [3.63, 3.8) is 0 Å². The Hall–Kier alpha value is -2.40. The van der Waals surface area contributed by atoms with Crippen molar-refractivity contribution in [1.29, 1.82) is 0 Å². The largest absolute Gasteiger partial charge is 0.508 e. The van der Waals surface area contributed by atoms with Crippen molar-refractivity contribution in [3.05, 3.63) is 47.0 Å². The Labute approximate surface area is 120 Å². The number of nitrogens with one attached hydrogen (secondary N) is 1. The number of methoxy groups -OCH3 is 1. The Balaban J connectivity index is 2.23. The van der Waals surface area contributed by atoms with E-state index < -0.39 is 5.91 Å². The van der Waals surface area contributed by atoms with Gasteiger partial charge in [0.1, 0.15) is 11.5 Å². The van der Waals surface area contributed by atoms with Crippen LogP contribution in [0.5, 0.6) is 11.5 Å². The molecular formula is C14H13ClN2O3. The zero-order valence-electron chi connectivity index (χ0n) is 10.7. The van der Waals surface area contributed by atoms with Crippen molar-refractivity contribution in [2.75, 3.05) is 18.2 Å². The molecule has 0 spiro atoms. The summed E-state index contributed by atoms with van der Waals surface area (Å²) in [5.74, 6) is 0.0580. The third-order valence-electron chi connectivity index (χ3n) is 2.68. The molecule has 0 bridgehead atoms. The van der Waals surface area contributed by atoms with E-state index in [1.807, 2.05) is 0 Å². The molecule has 0 aliphatic heterocycles. The number of ether oxygens (including phenoxy) is 1. The molecule has 1 amide bonds. The van der Waals surface area contributed by atoms with Crippen LogP contribution < -0.4 is 15.8 Å². The van der Waals surface area contributed by atoms with Crippen LogP contribution in [0.3, 0.4) is 0 Å². The maximum atomic E-state index is 12.1. The van der Waals surface area contributed by atoms with Gasteiger partial charge in [-0.25, -0.2) is 0 Å². The second-order valence-corrected chi connectivity index (χ2v) is 4.48. The van der Waals surface area contributed by atoms with E-state index in [1.54, 1.807) is 18.2 Å². The van der Waals surface area contributed by atoms with E-state index >= 15 is 0 Å². The molecule has 0 saturated carbocycles. The number of carbonyl (C=O) groups is 1. The van der Waals surface area contributed by atoms with Crippen molar-refractivity contribution in [2.45, 2.75) is 0 Å². The highest BCUT2D eigenvalue weighted by Crippen LogP contribution is 2.26. The quantitative estimate of drug-likeness (QED) is 0.759. The fraction of sp³-hybridized carbons (Fsp3) is 0.0714. The predicted octanol–water partition coefficient (Wildman–Crippen LogP) is 2.89. The van der Waals surface area contributed by atoms with E-state index in [2.05, 4.69) is 5.32 Å². The van der Waals surface area contributed by atoms with E-state index in [-0.39, 0.29) is 16.3 Å². The van der Waals surface area contributed by atoms with Crippen molar-refractivity contribution in [2.24, 2.45) is 0 Å². The van der Waals surface area contributed by atoms with Crippen molar-refractivity contribution >= 4 is 28.9 Å². The van der Waals surface area contributed by atoms with Crippen LogP contribution in [-0.2, 0) is 0 Å². The first-order chi connectivity index (χ1) is 9.51. The maximum absolute atomic E-state index is 12.1. The first-order valence-corrected chi connectivity index (χ1v) is 6.12. The zero-order valence-corrected chi connectivity index (χ0v) is 11.4. The number of hydrogen-bond donors (Lipinski definition) is 3. The highest BCUT2D eigenvalue weighted by Gasteiger charge is 2.12. The zero-order chi connectivity index (χ0) is 14.7. The summed E-state index contributed by atoms with van der Waals surface area (Å²) in [6, 6.07) is 9.04. The average Bonchev–Trinajstić information content (AvgIpc) is 2.41. The Morgan fingerprint density at radius 2 is 2.05 bits per heavy atom. The molecule has 0 unspecified atom stereocenters. The van der Waals surface area contributed by atoms with Crippen LogP contribution in [0.4, 0.5) is 11.4 Å². The first-order valence-electron chi connectivity index (χ1n) is 5.74. The van der Waals surface area contributed by atoms with E-state index in [4.69, 9.17) is 22.1 Å². The molecule has 104 valence electrons. The number of amides is 1. The number of aromatic hydroxyl groups is 1. The fourth-order valence-corrected chi connectivity index (χ4v) is 1.90. The molecule has 0 aromatic heterocycles. The molecule has 0 heterocycles. The molecular weight excluding hydrogens is 280 g/mol. The molecule has 2 rings (SSSR count). The van der Waals surface area contributed by atoms with Gasteiger partial charge in [-0.1, -0.05) is 11.6 Å². The molecule has 6 heteroatoms. The van der Waals surface area contributed by atoms with Gasteiger partial charge in [0.2, 0.25) is 0 Å². The van der Waals surface area contributed by atoms with Gasteiger partial charge in [0, 0.05) is 5.69 Å². The van der Waals surface area contributed by atoms with Crippen LogP contribution >= 0.6 is 11.6 Å². The van der Waals surface area contributed by atoms with Crippen LogP contribution in [0.15, 0.2) is 36.4 Å². The van der Waals surface area contributed by atoms with E-state index in [0.29, 0.717) is 17.1 Å². The van der Waals surface area contributed by atoms with Gasteiger partial charge in [-0.15, -0.1) is 0 Å². The highest BCUT2D eigenvalue weighted by molar-refractivity contribution is 6.34. The number of phenolic OH excluding ortho intramolecular Hbond substituents is 1. The van der Waals surface area contributed by atoms with Crippen LogP contribution in [0.25, 0.3) is 0 Å². The van der Waals surface area contributed by atoms with Gasteiger partial charge < -0.3 is 20.9 Å². The van der Waals surface area contributed by atoms with Crippen molar-refractivity contribution in [3.8, 4) is 11.5 Å². The smallest absolute Gasteiger partial charge is 0.257 e. The number of hydrogen-bond acceptors (Lipinski definition) is 4. The third kappa shape index (κ3) is 2.95. The molecule has 0 aliphatic carbocycles. The van der Waals surface area contributed by atoms with E-state index in [0.717, 1.165) is 0 Å². The molecule has 0 fully saturated rings. The van der Waals surface area contributed by atoms with Gasteiger partial charge in [0.05, 0.1) is 23.4 Å². The van der Waals surface area contributed by atoms with Crippen molar-refractivity contribution in [1.82, 2.24) is 0 Å². The van der Waals surface area contributed by atoms with E-state index in [1.165, 1.54) is 25.3 Å². The minimum Gasteiger partial charge on any atom is -0.508 e. The van der Waals surface area contributed by atoms with E-state index in [9.17, 15) is 9.90 Å². The van der Waals surface area contributed by atoms with Crippen LogP contribution in [0.2, 0.25) is 5.02 Å². The summed E-state index contributed by atoms with van der Waals surface area (Å²) in [6.45, 7) is 0. The maximum Gasteiger partial charge on any atom is 0.257 e. The average molecular weight is 293 g/mol. The summed E-state index contributed by atoms with van der Waals surface area (Å²) in [5.41, 5.74) is 6.86. The number of anilines is 2. The topological polar surface area (TPSA) is 84.6 Å². The fourth-order valence-electron chi connectivity index (χ4n) is 1.70. The standard InChI is InChI=1S/C14H13ClN2O3/c1-20-13-5-2-8(6-12(13)16)17-14(19)10-7-9(18)3-4-11(10)15/h2-7,18H,16H2,1H3,(H,17,19). The number of carbonyl (C=O) groups excluding carboxylic acids is 1. The number of phenols is 1. The molecule has 0 radical (unpaired) electrons. The van der Waals surface area contributed by atoms with Crippen LogP contribution in [0.1, 0.15) is 10.4 Å². The van der Waals surface area contributed by atoms with Gasteiger partial charge in [-0.05, 0) is 36.4 Å². The summed E-state index contributed by atoms with van der Waals surface area (Å²) < 4.78 is 5.03. The van der Waals surface area contributed by atoms with Gasteiger partial charge in [-0.3, -0.25) is 4.79 Å². The summed E-state index contributed by atoms with van der Waals surface area (Å²) in [6.07, 6.45) is 0. The Morgan fingerprint density at radius 1 is 1.30 bits per heavy atom.